The fourth-order valence-corrected chi connectivity index (χ4v) is 4.25. The van der Waals surface area contributed by atoms with Gasteiger partial charge in [0, 0.05) is 16.6 Å². The molecule has 1 aromatic carbocycles. The van der Waals surface area contributed by atoms with Gasteiger partial charge in [-0.1, -0.05) is 11.6 Å². The molecule has 0 radical (unpaired) electrons. The molecule has 2 aliphatic carbocycles. The van der Waals surface area contributed by atoms with E-state index in [0.717, 1.165) is 12.8 Å². The Hall–Kier alpha value is -1.55. The van der Waals surface area contributed by atoms with E-state index >= 15 is 0 Å². The fourth-order valence-electron chi connectivity index (χ4n) is 4.12. The van der Waals surface area contributed by atoms with E-state index in [-0.39, 0.29) is 41.7 Å². The molecule has 5 atom stereocenters. The van der Waals surface area contributed by atoms with Gasteiger partial charge >= 0.3 is 5.97 Å². The van der Waals surface area contributed by atoms with E-state index < -0.39 is 0 Å². The van der Waals surface area contributed by atoms with Crippen LogP contribution in [0.5, 0.6) is 0 Å². The second-order valence-corrected chi connectivity index (χ2v) is 6.35. The fraction of sp³-hybridized carbons (Fsp3) is 0.467. The van der Waals surface area contributed by atoms with Crippen LogP contribution in [0.1, 0.15) is 12.8 Å². The largest absolute Gasteiger partial charge is 0.462 e. The summed E-state index contributed by atoms with van der Waals surface area (Å²) in [7, 11) is 0. The number of fused-ring (bicyclic) bond motifs is 1. The molecular formula is C15H14ClNO3. The van der Waals surface area contributed by atoms with Crippen molar-refractivity contribution in [2.75, 3.05) is 5.32 Å². The summed E-state index contributed by atoms with van der Waals surface area (Å²) in [6, 6.07) is 7.00. The van der Waals surface area contributed by atoms with Crippen molar-refractivity contribution >= 4 is 29.2 Å². The van der Waals surface area contributed by atoms with Gasteiger partial charge < -0.3 is 10.1 Å². The molecule has 2 bridgehead atoms. The maximum atomic E-state index is 12.5. The normalized spacial score (nSPS) is 37.0. The number of benzene rings is 1. The molecule has 20 heavy (non-hydrogen) atoms. The van der Waals surface area contributed by atoms with Gasteiger partial charge in [0.05, 0.1) is 11.8 Å². The third-order valence-corrected chi connectivity index (χ3v) is 5.15. The van der Waals surface area contributed by atoms with Crippen LogP contribution in [0, 0.1) is 23.7 Å². The Bertz CT molecular complexity index is 583. The Balaban J connectivity index is 1.54. The summed E-state index contributed by atoms with van der Waals surface area (Å²) in [5, 5.41) is 3.52. The number of nitrogens with one attached hydrogen (secondary N) is 1. The van der Waals surface area contributed by atoms with Gasteiger partial charge in [-0.2, -0.15) is 0 Å². The zero-order valence-corrected chi connectivity index (χ0v) is 11.5. The van der Waals surface area contributed by atoms with Gasteiger partial charge in [0.15, 0.2) is 0 Å². The lowest BCUT2D eigenvalue weighted by atomic mass is 9.79. The molecule has 1 aliphatic heterocycles. The van der Waals surface area contributed by atoms with Crippen molar-refractivity contribution in [3.05, 3.63) is 29.3 Å². The molecular weight excluding hydrogens is 278 g/mol. The first-order valence-corrected chi connectivity index (χ1v) is 7.28. The van der Waals surface area contributed by atoms with Gasteiger partial charge in [0.2, 0.25) is 5.91 Å². The van der Waals surface area contributed by atoms with Crippen LogP contribution < -0.4 is 5.32 Å². The number of anilines is 1. The number of hydrogen-bond acceptors (Lipinski definition) is 3. The molecule has 0 unspecified atom stereocenters. The summed E-state index contributed by atoms with van der Waals surface area (Å²) in [6.45, 7) is 0. The van der Waals surface area contributed by atoms with Crippen LogP contribution in [0.25, 0.3) is 0 Å². The van der Waals surface area contributed by atoms with Crippen LogP contribution in [-0.4, -0.2) is 18.0 Å². The molecule has 0 spiro atoms. The zero-order chi connectivity index (χ0) is 13.9. The molecule has 3 fully saturated rings. The molecule has 104 valence electrons. The van der Waals surface area contributed by atoms with Crippen molar-refractivity contribution in [1.29, 1.82) is 0 Å². The molecule has 1 aromatic rings. The maximum absolute atomic E-state index is 12.5. The minimum Gasteiger partial charge on any atom is -0.462 e. The van der Waals surface area contributed by atoms with E-state index in [1.165, 1.54) is 0 Å². The molecule has 1 heterocycles. The quantitative estimate of drug-likeness (QED) is 0.852. The molecule has 1 amide bonds. The number of ether oxygens (including phenoxy) is 1. The molecule has 2 saturated carbocycles. The number of halogens is 1. The summed E-state index contributed by atoms with van der Waals surface area (Å²) in [4.78, 5) is 24.4. The minimum absolute atomic E-state index is 0.0667. The standard InChI is InChI=1S/C15H14ClNO3/c16-8-1-3-9(4-2-8)17-14(18)12-7-5-10-11(6-7)20-15(19)13(10)12/h1-4,7,10-13H,5-6H2,(H,17,18)/t7-,10-,11+,12+,13-/m0/s1. The average Bonchev–Trinajstić information content (AvgIpc) is 3.02. The number of hydrogen-bond donors (Lipinski definition) is 1. The Kier molecular flexibility index (Phi) is 2.58. The Morgan fingerprint density at radius 1 is 1.25 bits per heavy atom. The van der Waals surface area contributed by atoms with Crippen molar-refractivity contribution in [3.8, 4) is 0 Å². The Morgan fingerprint density at radius 2 is 2.00 bits per heavy atom. The van der Waals surface area contributed by atoms with Crippen molar-refractivity contribution in [3.63, 3.8) is 0 Å². The zero-order valence-electron chi connectivity index (χ0n) is 10.7. The number of rotatable bonds is 2. The molecule has 5 heteroatoms. The summed E-state index contributed by atoms with van der Waals surface area (Å²) < 4.78 is 5.35. The Labute approximate surface area is 121 Å². The second-order valence-electron chi connectivity index (χ2n) is 5.92. The van der Waals surface area contributed by atoms with Crippen LogP contribution in [-0.2, 0) is 14.3 Å². The highest BCUT2D eigenvalue weighted by atomic mass is 35.5. The van der Waals surface area contributed by atoms with Crippen molar-refractivity contribution in [2.24, 2.45) is 23.7 Å². The summed E-state index contributed by atoms with van der Waals surface area (Å²) >= 11 is 5.82. The van der Waals surface area contributed by atoms with E-state index in [0.29, 0.717) is 10.7 Å². The van der Waals surface area contributed by atoms with Crippen LogP contribution in [0.4, 0.5) is 5.69 Å². The highest BCUT2D eigenvalue weighted by Gasteiger charge is 2.63. The van der Waals surface area contributed by atoms with Crippen LogP contribution in [0.3, 0.4) is 0 Å². The van der Waals surface area contributed by atoms with E-state index in [2.05, 4.69) is 5.32 Å². The minimum atomic E-state index is -0.234. The first-order chi connectivity index (χ1) is 9.63. The van der Waals surface area contributed by atoms with Crippen LogP contribution in [0.15, 0.2) is 24.3 Å². The van der Waals surface area contributed by atoms with Gasteiger partial charge in [-0.05, 0) is 43.0 Å². The van der Waals surface area contributed by atoms with Crippen molar-refractivity contribution < 1.29 is 14.3 Å². The highest BCUT2D eigenvalue weighted by molar-refractivity contribution is 6.30. The van der Waals surface area contributed by atoms with Crippen LogP contribution in [0.2, 0.25) is 5.02 Å². The number of carbonyl (C=O) groups is 2. The van der Waals surface area contributed by atoms with E-state index in [1.807, 2.05) is 0 Å². The first-order valence-electron chi connectivity index (χ1n) is 6.90. The van der Waals surface area contributed by atoms with Gasteiger partial charge in [-0.3, -0.25) is 9.59 Å². The van der Waals surface area contributed by atoms with Crippen LogP contribution >= 0.6 is 11.6 Å². The third-order valence-electron chi connectivity index (χ3n) is 4.90. The topological polar surface area (TPSA) is 55.4 Å². The number of carbonyl (C=O) groups excluding carboxylic acids is 2. The Morgan fingerprint density at radius 3 is 2.75 bits per heavy atom. The molecule has 4 nitrogen and oxygen atoms in total. The second kappa shape index (κ2) is 4.22. The lowest BCUT2D eigenvalue weighted by Gasteiger charge is -2.23. The third kappa shape index (κ3) is 1.67. The SMILES string of the molecule is O=C(Nc1ccc(Cl)cc1)[C@@H]1[C@H]2C[C@@H]3[C@@H]1C(=O)O[C@@H]3C2. The van der Waals surface area contributed by atoms with Gasteiger partial charge in [-0.15, -0.1) is 0 Å². The number of esters is 1. The molecule has 1 N–H and O–H groups in total. The molecule has 1 saturated heterocycles. The highest BCUT2D eigenvalue weighted by Crippen LogP contribution is 2.57. The first kappa shape index (κ1) is 12.2. The van der Waals surface area contributed by atoms with E-state index in [9.17, 15) is 9.59 Å². The summed E-state index contributed by atoms with van der Waals surface area (Å²) in [5.41, 5.74) is 0.713. The smallest absolute Gasteiger partial charge is 0.310 e. The lowest BCUT2D eigenvalue weighted by Crippen LogP contribution is -2.35. The summed E-state index contributed by atoms with van der Waals surface area (Å²) in [5.74, 6) is -0.173. The maximum Gasteiger partial charge on any atom is 0.310 e. The molecule has 0 aromatic heterocycles. The number of amides is 1. The average molecular weight is 292 g/mol. The summed E-state index contributed by atoms with van der Waals surface area (Å²) in [6.07, 6.45) is 1.85. The lowest BCUT2D eigenvalue weighted by molar-refractivity contribution is -0.145. The predicted molar refractivity (Wildman–Crippen MR) is 73.2 cm³/mol. The van der Waals surface area contributed by atoms with Crippen molar-refractivity contribution in [1.82, 2.24) is 0 Å². The van der Waals surface area contributed by atoms with Gasteiger partial charge in [0.25, 0.3) is 0 Å². The van der Waals surface area contributed by atoms with Gasteiger partial charge in [-0.25, -0.2) is 0 Å². The van der Waals surface area contributed by atoms with E-state index in [1.54, 1.807) is 24.3 Å². The predicted octanol–water partition coefficient (Wildman–Crippen LogP) is 2.48. The monoisotopic (exact) mass is 291 g/mol. The van der Waals surface area contributed by atoms with Gasteiger partial charge in [0.1, 0.15) is 6.10 Å². The molecule has 3 aliphatic rings. The van der Waals surface area contributed by atoms with E-state index in [4.69, 9.17) is 16.3 Å². The molecule has 4 rings (SSSR count). The van der Waals surface area contributed by atoms with Crippen molar-refractivity contribution in [2.45, 2.75) is 18.9 Å².